The number of benzene rings is 3. The molecule has 2 aromatic heterocycles. The topological polar surface area (TPSA) is 66.1 Å². The molecule has 0 saturated carbocycles. The summed E-state index contributed by atoms with van der Waals surface area (Å²) >= 11 is 1.63. The molecule has 5 rings (SSSR count). The maximum atomic E-state index is 13.3. The average molecular weight is 478 g/mol. The number of thiophene rings is 1. The SMILES string of the molecule is O=C(/C=C/c1ccc(-c2ccccc2)s1)N(Cc1ccccc1)Cc1nc2ccccc2c(=O)[nH]1. The first kappa shape index (κ1) is 22.5. The number of para-hydroxylation sites is 1. The second-order valence-corrected chi connectivity index (χ2v) is 9.23. The van der Waals surface area contributed by atoms with Crippen LogP contribution in [0.4, 0.5) is 0 Å². The molecule has 0 bridgehead atoms. The third kappa shape index (κ3) is 5.45. The highest BCUT2D eigenvalue weighted by atomic mass is 32.1. The summed E-state index contributed by atoms with van der Waals surface area (Å²) in [7, 11) is 0. The Kier molecular flexibility index (Phi) is 6.63. The number of fused-ring (bicyclic) bond motifs is 1. The number of hydrogen-bond donors (Lipinski definition) is 1. The predicted octanol–water partition coefficient (Wildman–Crippen LogP) is 5.89. The Bertz CT molecular complexity index is 1540. The van der Waals surface area contributed by atoms with E-state index in [-0.39, 0.29) is 18.0 Å². The summed E-state index contributed by atoms with van der Waals surface area (Å²) in [5.74, 6) is 0.299. The lowest BCUT2D eigenvalue weighted by Crippen LogP contribution is -2.30. The van der Waals surface area contributed by atoms with E-state index in [9.17, 15) is 9.59 Å². The van der Waals surface area contributed by atoms with Crippen LogP contribution in [0.1, 0.15) is 16.3 Å². The minimum absolute atomic E-state index is 0.153. The van der Waals surface area contributed by atoms with E-state index in [1.54, 1.807) is 34.4 Å². The molecule has 5 nitrogen and oxygen atoms in total. The van der Waals surface area contributed by atoms with Crippen LogP contribution in [0.5, 0.6) is 0 Å². The van der Waals surface area contributed by atoms with Gasteiger partial charge in [0, 0.05) is 22.4 Å². The minimum atomic E-state index is -0.208. The molecule has 0 atom stereocenters. The zero-order valence-electron chi connectivity index (χ0n) is 18.9. The fourth-order valence-electron chi connectivity index (χ4n) is 3.86. The summed E-state index contributed by atoms with van der Waals surface area (Å²) in [6, 6.07) is 31.2. The highest BCUT2D eigenvalue weighted by Crippen LogP contribution is 2.28. The van der Waals surface area contributed by atoms with Crippen LogP contribution in [0.2, 0.25) is 0 Å². The number of H-pyrrole nitrogens is 1. The molecule has 0 spiro atoms. The zero-order chi connectivity index (χ0) is 24.0. The van der Waals surface area contributed by atoms with Crippen molar-refractivity contribution in [1.29, 1.82) is 0 Å². The van der Waals surface area contributed by atoms with Gasteiger partial charge >= 0.3 is 0 Å². The van der Waals surface area contributed by atoms with Gasteiger partial charge in [-0.1, -0.05) is 72.8 Å². The van der Waals surface area contributed by atoms with Crippen LogP contribution in [0.3, 0.4) is 0 Å². The van der Waals surface area contributed by atoms with Crippen molar-refractivity contribution in [3.05, 3.63) is 130 Å². The molecule has 35 heavy (non-hydrogen) atoms. The van der Waals surface area contributed by atoms with Crippen molar-refractivity contribution in [2.45, 2.75) is 13.1 Å². The van der Waals surface area contributed by atoms with Gasteiger partial charge in [0.15, 0.2) is 0 Å². The maximum Gasteiger partial charge on any atom is 0.258 e. The molecule has 0 aliphatic heterocycles. The first-order valence-corrected chi connectivity index (χ1v) is 12.1. The Morgan fingerprint density at radius 2 is 1.57 bits per heavy atom. The van der Waals surface area contributed by atoms with E-state index in [2.05, 4.69) is 28.2 Å². The number of carbonyl (C=O) groups is 1. The first-order valence-electron chi connectivity index (χ1n) is 11.3. The third-order valence-corrected chi connectivity index (χ3v) is 6.71. The van der Waals surface area contributed by atoms with E-state index >= 15 is 0 Å². The highest BCUT2D eigenvalue weighted by molar-refractivity contribution is 7.16. The van der Waals surface area contributed by atoms with Gasteiger partial charge in [0.1, 0.15) is 5.82 Å². The van der Waals surface area contributed by atoms with E-state index in [0.717, 1.165) is 20.9 Å². The summed E-state index contributed by atoms with van der Waals surface area (Å²) in [4.78, 5) is 37.0. The molecule has 0 aliphatic rings. The number of aromatic amines is 1. The van der Waals surface area contributed by atoms with Crippen LogP contribution in [-0.2, 0) is 17.9 Å². The lowest BCUT2D eigenvalue weighted by molar-refractivity contribution is -0.127. The van der Waals surface area contributed by atoms with Crippen molar-refractivity contribution in [1.82, 2.24) is 14.9 Å². The zero-order valence-corrected chi connectivity index (χ0v) is 19.7. The normalized spacial score (nSPS) is 11.2. The molecular weight excluding hydrogens is 454 g/mol. The summed E-state index contributed by atoms with van der Waals surface area (Å²) < 4.78 is 0. The van der Waals surface area contributed by atoms with Gasteiger partial charge in [0.25, 0.3) is 5.56 Å². The molecular formula is C29H23N3O2S. The van der Waals surface area contributed by atoms with Gasteiger partial charge < -0.3 is 9.88 Å². The monoisotopic (exact) mass is 477 g/mol. The fraction of sp³-hybridized carbons (Fsp3) is 0.0690. The number of amides is 1. The summed E-state index contributed by atoms with van der Waals surface area (Å²) in [6.45, 7) is 0.595. The summed E-state index contributed by atoms with van der Waals surface area (Å²) in [5, 5.41) is 0.531. The van der Waals surface area contributed by atoms with E-state index in [1.165, 1.54) is 0 Å². The molecule has 5 aromatic rings. The van der Waals surface area contributed by atoms with Crippen LogP contribution >= 0.6 is 11.3 Å². The van der Waals surface area contributed by atoms with Gasteiger partial charge in [-0.25, -0.2) is 4.98 Å². The van der Waals surface area contributed by atoms with Crippen molar-refractivity contribution in [3.63, 3.8) is 0 Å². The van der Waals surface area contributed by atoms with Crippen LogP contribution in [0.15, 0.2) is 108 Å². The summed E-state index contributed by atoms with van der Waals surface area (Å²) in [6.07, 6.45) is 3.43. The number of hydrogen-bond acceptors (Lipinski definition) is 4. The van der Waals surface area contributed by atoms with E-state index in [1.807, 2.05) is 72.8 Å². The lowest BCUT2D eigenvalue weighted by Gasteiger charge is -2.21. The highest BCUT2D eigenvalue weighted by Gasteiger charge is 2.15. The number of carbonyl (C=O) groups excluding carboxylic acids is 1. The maximum absolute atomic E-state index is 13.3. The molecule has 2 heterocycles. The molecule has 172 valence electrons. The van der Waals surface area contributed by atoms with Crippen molar-refractivity contribution in [2.24, 2.45) is 0 Å². The van der Waals surface area contributed by atoms with E-state index in [0.29, 0.717) is 23.3 Å². The van der Waals surface area contributed by atoms with Crippen LogP contribution in [-0.4, -0.2) is 20.8 Å². The molecule has 6 heteroatoms. The molecule has 3 aromatic carbocycles. The number of rotatable bonds is 7. The lowest BCUT2D eigenvalue weighted by atomic mass is 10.2. The van der Waals surface area contributed by atoms with Gasteiger partial charge in [0.05, 0.1) is 17.4 Å². The standard InChI is InChI=1S/C29H23N3O2S/c33-28(18-16-23-15-17-26(35-23)22-11-5-2-6-12-22)32(19-21-9-3-1-4-10-21)20-27-30-25-14-8-7-13-24(25)29(34)31-27/h1-18H,19-20H2,(H,30,31,34)/b18-16+. The second-order valence-electron chi connectivity index (χ2n) is 8.11. The van der Waals surface area contributed by atoms with Gasteiger partial charge in [-0.15, -0.1) is 11.3 Å². The van der Waals surface area contributed by atoms with E-state index in [4.69, 9.17) is 0 Å². The van der Waals surface area contributed by atoms with Gasteiger partial charge in [-0.2, -0.15) is 0 Å². The Balaban J connectivity index is 1.39. The number of nitrogens with zero attached hydrogens (tertiary/aromatic N) is 2. The van der Waals surface area contributed by atoms with Crippen molar-refractivity contribution >= 4 is 34.2 Å². The number of aromatic nitrogens is 2. The molecule has 0 fully saturated rings. The summed E-state index contributed by atoms with van der Waals surface area (Å²) in [5.41, 5.74) is 2.56. The largest absolute Gasteiger partial charge is 0.327 e. The van der Waals surface area contributed by atoms with E-state index < -0.39 is 0 Å². The molecule has 0 unspecified atom stereocenters. The Hall–Kier alpha value is -4.29. The molecule has 1 N–H and O–H groups in total. The third-order valence-electron chi connectivity index (χ3n) is 5.61. The second kappa shape index (κ2) is 10.3. The van der Waals surface area contributed by atoms with Crippen molar-refractivity contribution in [2.75, 3.05) is 0 Å². The Morgan fingerprint density at radius 3 is 2.37 bits per heavy atom. The fourth-order valence-corrected chi connectivity index (χ4v) is 4.78. The number of nitrogens with one attached hydrogen (secondary N) is 1. The van der Waals surface area contributed by atoms with Gasteiger partial charge in [-0.3, -0.25) is 9.59 Å². The quantitative estimate of drug-likeness (QED) is 0.297. The molecule has 1 amide bonds. The van der Waals surface area contributed by atoms with Gasteiger partial charge in [-0.05, 0) is 41.5 Å². The smallest absolute Gasteiger partial charge is 0.258 e. The Morgan fingerprint density at radius 1 is 0.857 bits per heavy atom. The van der Waals surface area contributed by atoms with Gasteiger partial charge in [0.2, 0.25) is 5.91 Å². The van der Waals surface area contributed by atoms with Crippen LogP contribution in [0.25, 0.3) is 27.4 Å². The van der Waals surface area contributed by atoms with Crippen molar-refractivity contribution in [3.8, 4) is 10.4 Å². The van der Waals surface area contributed by atoms with Crippen LogP contribution < -0.4 is 5.56 Å². The first-order chi connectivity index (χ1) is 17.2. The van der Waals surface area contributed by atoms with Crippen LogP contribution in [0, 0.1) is 0 Å². The average Bonchev–Trinajstić information content (AvgIpc) is 3.37. The molecule has 0 saturated heterocycles. The van der Waals surface area contributed by atoms with Crippen molar-refractivity contribution < 1.29 is 4.79 Å². The Labute approximate surface area is 207 Å². The molecule has 0 radical (unpaired) electrons. The molecule has 0 aliphatic carbocycles. The minimum Gasteiger partial charge on any atom is -0.327 e. The predicted molar refractivity (Wildman–Crippen MR) is 142 cm³/mol.